The molecule has 0 amide bonds. The van der Waals surface area contributed by atoms with Crippen LogP contribution in [0.1, 0.15) is 25.8 Å². The third-order valence-corrected chi connectivity index (χ3v) is 3.15. The van der Waals surface area contributed by atoms with Gasteiger partial charge in [-0.1, -0.05) is 22.9 Å². The summed E-state index contributed by atoms with van der Waals surface area (Å²) in [6, 6.07) is 4.96. The quantitative estimate of drug-likeness (QED) is 0.875. The van der Waals surface area contributed by atoms with Gasteiger partial charge in [0.2, 0.25) is 0 Å². The first kappa shape index (κ1) is 14.3. The van der Waals surface area contributed by atoms with Gasteiger partial charge in [0.15, 0.2) is 5.78 Å². The largest absolute Gasteiger partial charge is 0.307 e. The van der Waals surface area contributed by atoms with E-state index in [-0.39, 0.29) is 18.0 Å². The van der Waals surface area contributed by atoms with E-state index in [1.165, 1.54) is 6.07 Å². The van der Waals surface area contributed by atoms with Crippen LogP contribution >= 0.6 is 15.9 Å². The van der Waals surface area contributed by atoms with E-state index in [1.54, 1.807) is 12.1 Å². The van der Waals surface area contributed by atoms with Gasteiger partial charge in [-0.25, -0.2) is 4.39 Å². The number of Topliss-reactive ketones (excluding diaryl/α,β-unsaturated/α-hetero) is 1. The van der Waals surface area contributed by atoms with Crippen molar-refractivity contribution in [2.24, 2.45) is 0 Å². The van der Waals surface area contributed by atoms with Gasteiger partial charge < -0.3 is 5.32 Å². The van der Waals surface area contributed by atoms with Crippen molar-refractivity contribution in [3.05, 3.63) is 34.1 Å². The van der Waals surface area contributed by atoms with Gasteiger partial charge in [0, 0.05) is 16.9 Å². The molecule has 17 heavy (non-hydrogen) atoms. The van der Waals surface area contributed by atoms with Crippen LogP contribution in [0.15, 0.2) is 22.7 Å². The maximum atomic E-state index is 13.4. The van der Waals surface area contributed by atoms with Crippen LogP contribution in [0.3, 0.4) is 0 Å². The second kappa shape index (κ2) is 6.87. The first-order chi connectivity index (χ1) is 8.02. The van der Waals surface area contributed by atoms with E-state index in [2.05, 4.69) is 28.2 Å². The Kier molecular flexibility index (Phi) is 5.78. The van der Waals surface area contributed by atoms with Crippen molar-refractivity contribution in [3.63, 3.8) is 0 Å². The summed E-state index contributed by atoms with van der Waals surface area (Å²) >= 11 is 3.27. The molecule has 0 saturated carbocycles. The molecule has 2 nitrogen and oxygen atoms in total. The summed E-state index contributed by atoms with van der Waals surface area (Å²) in [4.78, 5) is 11.7. The lowest BCUT2D eigenvalue weighted by Gasteiger charge is -2.10. The molecular weight excluding hydrogens is 285 g/mol. The number of hydrogen-bond acceptors (Lipinski definition) is 2. The molecule has 1 aromatic carbocycles. The third-order valence-electron chi connectivity index (χ3n) is 2.66. The van der Waals surface area contributed by atoms with Crippen LogP contribution in [-0.4, -0.2) is 18.4 Å². The van der Waals surface area contributed by atoms with Crippen molar-refractivity contribution in [2.75, 3.05) is 6.54 Å². The van der Waals surface area contributed by atoms with Crippen molar-refractivity contribution in [1.29, 1.82) is 0 Å². The Morgan fingerprint density at radius 2 is 2.24 bits per heavy atom. The molecule has 1 unspecified atom stereocenters. The molecule has 0 aliphatic carbocycles. The predicted octanol–water partition coefficient (Wildman–Crippen LogP) is 3.09. The van der Waals surface area contributed by atoms with Gasteiger partial charge in [-0.05, 0) is 37.1 Å². The van der Waals surface area contributed by atoms with Crippen LogP contribution in [-0.2, 0) is 11.2 Å². The Labute approximate surface area is 110 Å². The highest BCUT2D eigenvalue weighted by molar-refractivity contribution is 9.10. The first-order valence-corrected chi connectivity index (χ1v) is 6.51. The fraction of sp³-hybridized carbons (Fsp3) is 0.462. The molecule has 0 fully saturated rings. The van der Waals surface area contributed by atoms with Gasteiger partial charge in [-0.15, -0.1) is 0 Å². The molecule has 0 radical (unpaired) electrons. The highest BCUT2D eigenvalue weighted by Gasteiger charge is 2.09. The molecule has 0 aliphatic heterocycles. The summed E-state index contributed by atoms with van der Waals surface area (Å²) < 4.78 is 14.2. The molecule has 1 N–H and O–H groups in total. The SMILES string of the molecule is CCC(C)NCC(=O)Cc1cc(Br)ccc1F. The molecule has 0 spiro atoms. The normalized spacial score (nSPS) is 12.5. The van der Waals surface area contributed by atoms with E-state index < -0.39 is 0 Å². The second-order valence-corrected chi connectivity index (χ2v) is 5.06. The van der Waals surface area contributed by atoms with Crippen LogP contribution in [0.25, 0.3) is 0 Å². The van der Waals surface area contributed by atoms with Gasteiger partial charge in [0.05, 0.1) is 6.54 Å². The summed E-state index contributed by atoms with van der Waals surface area (Å²) in [7, 11) is 0. The fourth-order valence-electron chi connectivity index (χ4n) is 1.39. The molecule has 0 bridgehead atoms. The second-order valence-electron chi connectivity index (χ2n) is 4.14. The number of ketones is 1. The minimum Gasteiger partial charge on any atom is -0.307 e. The lowest BCUT2D eigenvalue weighted by Crippen LogP contribution is -2.31. The fourth-order valence-corrected chi connectivity index (χ4v) is 1.79. The van der Waals surface area contributed by atoms with Gasteiger partial charge >= 0.3 is 0 Å². The number of rotatable bonds is 6. The summed E-state index contributed by atoms with van der Waals surface area (Å²) in [6.07, 6.45) is 1.10. The Balaban J connectivity index is 2.53. The summed E-state index contributed by atoms with van der Waals surface area (Å²) in [5.41, 5.74) is 0.440. The molecule has 1 atom stereocenters. The number of carbonyl (C=O) groups is 1. The van der Waals surface area contributed by atoms with Crippen LogP contribution in [0, 0.1) is 5.82 Å². The molecule has 1 aromatic rings. The Morgan fingerprint density at radius 3 is 2.88 bits per heavy atom. The third kappa shape index (κ3) is 4.96. The monoisotopic (exact) mass is 301 g/mol. The van der Waals surface area contributed by atoms with Crippen LogP contribution in [0.5, 0.6) is 0 Å². The Hall–Kier alpha value is -0.740. The summed E-state index contributed by atoms with van der Waals surface area (Å²) in [5, 5.41) is 3.10. The Morgan fingerprint density at radius 1 is 1.53 bits per heavy atom. The smallest absolute Gasteiger partial charge is 0.151 e. The number of benzene rings is 1. The average molecular weight is 302 g/mol. The molecule has 0 saturated heterocycles. The number of halogens is 2. The van der Waals surface area contributed by atoms with Crippen molar-refractivity contribution < 1.29 is 9.18 Å². The molecule has 0 aliphatic rings. The molecule has 0 aromatic heterocycles. The van der Waals surface area contributed by atoms with Gasteiger partial charge in [0.1, 0.15) is 5.82 Å². The van der Waals surface area contributed by atoms with E-state index >= 15 is 0 Å². The van der Waals surface area contributed by atoms with E-state index in [1.807, 2.05) is 6.92 Å². The van der Waals surface area contributed by atoms with E-state index in [0.717, 1.165) is 10.9 Å². The predicted molar refractivity (Wildman–Crippen MR) is 70.6 cm³/mol. The lowest BCUT2D eigenvalue weighted by molar-refractivity contribution is -0.117. The molecule has 94 valence electrons. The zero-order valence-corrected chi connectivity index (χ0v) is 11.7. The van der Waals surface area contributed by atoms with Crippen molar-refractivity contribution >= 4 is 21.7 Å². The lowest BCUT2D eigenvalue weighted by atomic mass is 10.1. The van der Waals surface area contributed by atoms with Gasteiger partial charge in [-0.2, -0.15) is 0 Å². The minimum absolute atomic E-state index is 0.00213. The Bertz CT molecular complexity index is 395. The molecule has 1 rings (SSSR count). The summed E-state index contributed by atoms with van der Waals surface area (Å²) in [5.74, 6) is -0.326. The summed E-state index contributed by atoms with van der Waals surface area (Å²) in [6.45, 7) is 4.37. The number of carbonyl (C=O) groups excluding carboxylic acids is 1. The maximum absolute atomic E-state index is 13.4. The minimum atomic E-state index is -0.329. The van der Waals surface area contributed by atoms with Gasteiger partial charge in [0.25, 0.3) is 0 Å². The molecule has 4 heteroatoms. The molecular formula is C13H17BrFNO. The van der Waals surface area contributed by atoms with E-state index in [9.17, 15) is 9.18 Å². The van der Waals surface area contributed by atoms with Crippen molar-refractivity contribution in [1.82, 2.24) is 5.32 Å². The van der Waals surface area contributed by atoms with Crippen LogP contribution < -0.4 is 5.32 Å². The average Bonchev–Trinajstić information content (AvgIpc) is 2.30. The maximum Gasteiger partial charge on any atom is 0.151 e. The van der Waals surface area contributed by atoms with Crippen molar-refractivity contribution in [2.45, 2.75) is 32.7 Å². The van der Waals surface area contributed by atoms with Crippen molar-refractivity contribution in [3.8, 4) is 0 Å². The van der Waals surface area contributed by atoms with Crippen LogP contribution in [0.2, 0.25) is 0 Å². The van der Waals surface area contributed by atoms with E-state index in [0.29, 0.717) is 18.2 Å². The standard InChI is InChI=1S/C13H17BrFNO/c1-3-9(2)16-8-12(17)7-10-6-11(14)4-5-13(10)15/h4-6,9,16H,3,7-8H2,1-2H3. The zero-order chi connectivity index (χ0) is 12.8. The van der Waals surface area contributed by atoms with Crippen LogP contribution in [0.4, 0.5) is 4.39 Å². The topological polar surface area (TPSA) is 29.1 Å². The zero-order valence-electron chi connectivity index (χ0n) is 10.1. The highest BCUT2D eigenvalue weighted by atomic mass is 79.9. The molecule has 0 heterocycles. The van der Waals surface area contributed by atoms with E-state index in [4.69, 9.17) is 0 Å². The first-order valence-electron chi connectivity index (χ1n) is 5.72. The highest BCUT2D eigenvalue weighted by Crippen LogP contribution is 2.16. The number of hydrogen-bond donors (Lipinski definition) is 1. The number of nitrogens with one attached hydrogen (secondary N) is 1. The van der Waals surface area contributed by atoms with Gasteiger partial charge in [-0.3, -0.25) is 4.79 Å².